The molecule has 3 rings (SSSR count). The average molecular weight is 279 g/mol. The van der Waals surface area contributed by atoms with Crippen molar-refractivity contribution in [1.82, 2.24) is 0 Å². The Hall–Kier alpha value is -2.22. The van der Waals surface area contributed by atoms with Crippen LogP contribution in [0.5, 0.6) is 0 Å². The number of hydrogen-bond donors (Lipinski definition) is 0. The van der Waals surface area contributed by atoms with Crippen molar-refractivity contribution in [2.75, 3.05) is 0 Å². The van der Waals surface area contributed by atoms with Crippen molar-refractivity contribution in [2.24, 2.45) is 4.99 Å². The van der Waals surface area contributed by atoms with E-state index in [4.69, 9.17) is 0 Å². The van der Waals surface area contributed by atoms with Crippen molar-refractivity contribution in [3.8, 4) is 0 Å². The standard InChI is InChI=1S/C19H18FN/c1-4-14-9-5-6-11-16(14)18-17-12-8-7-10-15(17)13(2)19(3,20)21-18/h4-13H,1H2,2-3H3. The van der Waals surface area contributed by atoms with E-state index in [1.165, 1.54) is 0 Å². The van der Waals surface area contributed by atoms with Gasteiger partial charge in [-0.25, -0.2) is 9.38 Å². The van der Waals surface area contributed by atoms with Gasteiger partial charge in [0.2, 0.25) is 5.79 Å². The smallest absolute Gasteiger partial charge is 0.204 e. The lowest BCUT2D eigenvalue weighted by Gasteiger charge is -2.32. The second-order valence-electron chi connectivity index (χ2n) is 5.58. The molecule has 1 aliphatic heterocycles. The van der Waals surface area contributed by atoms with Crippen LogP contribution in [0.3, 0.4) is 0 Å². The predicted octanol–water partition coefficient (Wildman–Crippen LogP) is 4.97. The molecule has 0 radical (unpaired) electrons. The molecule has 0 fully saturated rings. The van der Waals surface area contributed by atoms with Gasteiger partial charge in [0.15, 0.2) is 0 Å². The second-order valence-corrected chi connectivity index (χ2v) is 5.58. The topological polar surface area (TPSA) is 12.4 Å². The third-order valence-corrected chi connectivity index (χ3v) is 4.24. The Balaban J connectivity index is 2.28. The zero-order valence-corrected chi connectivity index (χ0v) is 12.3. The molecule has 1 nitrogen and oxygen atoms in total. The predicted molar refractivity (Wildman–Crippen MR) is 86.5 cm³/mol. The minimum atomic E-state index is -1.60. The van der Waals surface area contributed by atoms with Crippen molar-refractivity contribution >= 4 is 11.8 Å². The highest BCUT2D eigenvalue weighted by atomic mass is 19.1. The minimum Gasteiger partial charge on any atom is -0.244 e. The summed E-state index contributed by atoms with van der Waals surface area (Å²) < 4.78 is 14.9. The van der Waals surface area contributed by atoms with Crippen molar-refractivity contribution < 1.29 is 4.39 Å². The Bertz CT molecular complexity index is 728. The van der Waals surface area contributed by atoms with Crippen LogP contribution in [0.15, 0.2) is 60.1 Å². The molecule has 0 bridgehead atoms. The lowest BCUT2D eigenvalue weighted by atomic mass is 9.82. The fraction of sp³-hybridized carbons (Fsp3) is 0.211. The van der Waals surface area contributed by atoms with Gasteiger partial charge in [-0.05, 0) is 18.1 Å². The highest BCUT2D eigenvalue weighted by Crippen LogP contribution is 2.40. The largest absolute Gasteiger partial charge is 0.244 e. The Morgan fingerprint density at radius 1 is 1.10 bits per heavy atom. The fourth-order valence-electron chi connectivity index (χ4n) is 2.85. The molecular weight excluding hydrogens is 261 g/mol. The molecule has 21 heavy (non-hydrogen) atoms. The van der Waals surface area contributed by atoms with Crippen LogP contribution < -0.4 is 0 Å². The number of halogens is 1. The molecule has 2 unspecified atom stereocenters. The van der Waals surface area contributed by atoms with Crippen LogP contribution in [-0.2, 0) is 0 Å². The van der Waals surface area contributed by atoms with Gasteiger partial charge >= 0.3 is 0 Å². The third-order valence-electron chi connectivity index (χ3n) is 4.24. The van der Waals surface area contributed by atoms with Gasteiger partial charge < -0.3 is 0 Å². The summed E-state index contributed by atoms with van der Waals surface area (Å²) >= 11 is 0. The first-order chi connectivity index (χ1) is 10.0. The third kappa shape index (κ3) is 2.21. The van der Waals surface area contributed by atoms with E-state index in [2.05, 4.69) is 11.6 Å². The highest BCUT2D eigenvalue weighted by molar-refractivity contribution is 6.16. The lowest BCUT2D eigenvalue weighted by Crippen LogP contribution is -2.32. The molecule has 0 saturated carbocycles. The minimum absolute atomic E-state index is 0.256. The molecule has 0 amide bonds. The summed E-state index contributed by atoms with van der Waals surface area (Å²) in [6.07, 6.45) is 1.79. The molecular formula is C19H18FN. The summed E-state index contributed by atoms with van der Waals surface area (Å²) in [5, 5.41) is 0. The van der Waals surface area contributed by atoms with Crippen LogP contribution in [0, 0.1) is 0 Å². The van der Waals surface area contributed by atoms with E-state index in [1.807, 2.05) is 55.5 Å². The summed E-state index contributed by atoms with van der Waals surface area (Å²) in [5.74, 6) is -1.86. The second kappa shape index (κ2) is 4.96. The quantitative estimate of drug-likeness (QED) is 0.688. The summed E-state index contributed by atoms with van der Waals surface area (Å²) in [6, 6.07) is 15.8. The Labute approximate surface area is 124 Å². The van der Waals surface area contributed by atoms with E-state index in [0.717, 1.165) is 22.3 Å². The van der Waals surface area contributed by atoms with Crippen molar-refractivity contribution in [3.63, 3.8) is 0 Å². The molecule has 2 heteroatoms. The molecule has 2 aromatic rings. The van der Waals surface area contributed by atoms with Crippen LogP contribution in [0.4, 0.5) is 4.39 Å². The van der Waals surface area contributed by atoms with Crippen molar-refractivity contribution in [2.45, 2.75) is 25.6 Å². The molecule has 2 aromatic carbocycles. The summed E-state index contributed by atoms with van der Waals surface area (Å²) in [4.78, 5) is 4.42. The van der Waals surface area contributed by atoms with Crippen LogP contribution >= 0.6 is 0 Å². The normalized spacial score (nSPS) is 24.1. The molecule has 1 heterocycles. The number of fused-ring (bicyclic) bond motifs is 1. The maximum absolute atomic E-state index is 14.9. The zero-order chi connectivity index (χ0) is 15.0. The molecule has 106 valence electrons. The number of rotatable bonds is 2. The van der Waals surface area contributed by atoms with Crippen LogP contribution in [0.2, 0.25) is 0 Å². The Morgan fingerprint density at radius 3 is 2.43 bits per heavy atom. The first-order valence-electron chi connectivity index (χ1n) is 7.14. The first-order valence-corrected chi connectivity index (χ1v) is 7.14. The van der Waals surface area contributed by atoms with Gasteiger partial charge in [-0.15, -0.1) is 0 Å². The van der Waals surface area contributed by atoms with E-state index in [1.54, 1.807) is 13.0 Å². The van der Waals surface area contributed by atoms with Gasteiger partial charge in [0.1, 0.15) is 0 Å². The monoisotopic (exact) mass is 279 g/mol. The number of alkyl halides is 1. The number of benzene rings is 2. The van der Waals surface area contributed by atoms with Gasteiger partial charge in [0, 0.05) is 17.0 Å². The molecule has 0 spiro atoms. The molecule has 0 saturated heterocycles. The van der Waals surface area contributed by atoms with Crippen LogP contribution in [-0.4, -0.2) is 11.5 Å². The fourth-order valence-corrected chi connectivity index (χ4v) is 2.85. The van der Waals surface area contributed by atoms with E-state index in [9.17, 15) is 4.39 Å². The summed E-state index contributed by atoms with van der Waals surface area (Å²) in [6.45, 7) is 7.28. The molecule has 1 aliphatic rings. The molecule has 0 aromatic heterocycles. The summed E-state index contributed by atoms with van der Waals surface area (Å²) in [7, 11) is 0. The Kier molecular flexibility index (Phi) is 3.25. The molecule has 0 aliphatic carbocycles. The van der Waals surface area contributed by atoms with Gasteiger partial charge in [0.25, 0.3) is 0 Å². The summed E-state index contributed by atoms with van der Waals surface area (Å²) in [5.41, 5.74) is 4.62. The van der Waals surface area contributed by atoms with Gasteiger partial charge in [-0.1, -0.05) is 68.1 Å². The van der Waals surface area contributed by atoms with Crippen molar-refractivity contribution in [1.29, 1.82) is 0 Å². The van der Waals surface area contributed by atoms with Crippen LogP contribution in [0.1, 0.15) is 42.0 Å². The van der Waals surface area contributed by atoms with Gasteiger partial charge in [0.05, 0.1) is 5.71 Å². The van der Waals surface area contributed by atoms with E-state index < -0.39 is 5.79 Å². The van der Waals surface area contributed by atoms with E-state index in [0.29, 0.717) is 5.71 Å². The number of hydrogen-bond acceptors (Lipinski definition) is 1. The average Bonchev–Trinajstić information content (AvgIpc) is 2.51. The van der Waals surface area contributed by atoms with E-state index in [-0.39, 0.29) is 5.92 Å². The van der Waals surface area contributed by atoms with Crippen LogP contribution in [0.25, 0.3) is 6.08 Å². The van der Waals surface area contributed by atoms with Crippen molar-refractivity contribution in [3.05, 3.63) is 77.4 Å². The SMILES string of the molecule is C=Cc1ccccc1C1=NC(C)(F)C(C)c2ccccc21. The molecule has 2 atom stereocenters. The molecule has 0 N–H and O–H groups in total. The number of aliphatic imine (C=N–C) groups is 1. The Morgan fingerprint density at radius 2 is 1.71 bits per heavy atom. The maximum atomic E-state index is 14.9. The zero-order valence-electron chi connectivity index (χ0n) is 12.3. The first kappa shape index (κ1) is 13.7. The van der Waals surface area contributed by atoms with Gasteiger partial charge in [-0.3, -0.25) is 0 Å². The maximum Gasteiger partial charge on any atom is 0.204 e. The highest BCUT2D eigenvalue weighted by Gasteiger charge is 2.38. The van der Waals surface area contributed by atoms with E-state index >= 15 is 0 Å². The lowest BCUT2D eigenvalue weighted by molar-refractivity contribution is 0.164. The van der Waals surface area contributed by atoms with Gasteiger partial charge in [-0.2, -0.15) is 0 Å². The number of nitrogens with zero attached hydrogens (tertiary/aromatic N) is 1.